The number of carbonyl (C=O) groups excluding carboxylic acids is 1. The minimum absolute atomic E-state index is 0.0506. The molecule has 3 aromatic rings. The van der Waals surface area contributed by atoms with E-state index >= 15 is 0 Å². The van der Waals surface area contributed by atoms with Gasteiger partial charge in [-0.25, -0.2) is 0 Å². The zero-order chi connectivity index (χ0) is 24.7. The fourth-order valence-corrected chi connectivity index (χ4v) is 5.21. The molecule has 1 aliphatic heterocycles. The van der Waals surface area contributed by atoms with Crippen LogP contribution in [0.4, 0.5) is 11.4 Å². The van der Waals surface area contributed by atoms with E-state index in [2.05, 4.69) is 49.6 Å². The van der Waals surface area contributed by atoms with Crippen LogP contribution >= 0.6 is 0 Å². The van der Waals surface area contributed by atoms with Crippen molar-refractivity contribution in [2.45, 2.75) is 44.6 Å². The number of ether oxygens (including phenoxy) is 1. The summed E-state index contributed by atoms with van der Waals surface area (Å²) in [4.78, 5) is 12.9. The molecule has 180 valence electrons. The summed E-state index contributed by atoms with van der Waals surface area (Å²) in [5.74, 6) is 1.10. The van der Waals surface area contributed by atoms with Gasteiger partial charge in [0.05, 0.1) is 13.2 Å². The second-order valence-electron chi connectivity index (χ2n) is 10.5. The number of nitrogens with one attached hydrogen (secondary N) is 2. The van der Waals surface area contributed by atoms with Gasteiger partial charge in [-0.2, -0.15) is 0 Å². The van der Waals surface area contributed by atoms with Crippen molar-refractivity contribution < 1.29 is 14.6 Å². The van der Waals surface area contributed by atoms with E-state index in [1.165, 1.54) is 11.1 Å². The predicted molar refractivity (Wildman–Crippen MR) is 141 cm³/mol. The lowest BCUT2D eigenvalue weighted by Crippen LogP contribution is -2.29. The molecule has 2 aliphatic rings. The van der Waals surface area contributed by atoms with Crippen LogP contribution in [0.5, 0.6) is 11.5 Å². The number of amides is 1. The zero-order valence-corrected chi connectivity index (χ0v) is 20.6. The first-order valence-electron chi connectivity index (χ1n) is 12.1. The highest BCUT2D eigenvalue weighted by Gasteiger charge is 2.38. The van der Waals surface area contributed by atoms with Gasteiger partial charge < -0.3 is 20.5 Å². The molecule has 0 radical (unpaired) electrons. The number of methoxy groups -OCH3 is 1. The number of benzene rings is 3. The van der Waals surface area contributed by atoms with Crippen LogP contribution in [0.3, 0.4) is 0 Å². The Bertz CT molecular complexity index is 1290. The highest BCUT2D eigenvalue weighted by atomic mass is 16.5. The maximum Gasteiger partial charge on any atom is 0.255 e. The molecule has 3 atom stereocenters. The van der Waals surface area contributed by atoms with Crippen molar-refractivity contribution in [3.05, 3.63) is 95.1 Å². The molecule has 0 saturated heterocycles. The molecule has 0 fully saturated rings. The lowest BCUT2D eigenvalue weighted by atomic mass is 9.77. The summed E-state index contributed by atoms with van der Waals surface area (Å²) in [7, 11) is 1.57. The number of fused-ring (bicyclic) bond motifs is 3. The molecule has 0 aromatic heterocycles. The quantitative estimate of drug-likeness (QED) is 0.369. The van der Waals surface area contributed by atoms with E-state index in [1.54, 1.807) is 13.2 Å². The van der Waals surface area contributed by atoms with Gasteiger partial charge in [0.25, 0.3) is 5.91 Å². The molecule has 0 saturated carbocycles. The number of hydrogen-bond donors (Lipinski definition) is 3. The molecule has 5 nitrogen and oxygen atoms in total. The number of allylic oxidation sites excluding steroid dienone is 2. The van der Waals surface area contributed by atoms with Gasteiger partial charge in [-0.15, -0.1) is 0 Å². The van der Waals surface area contributed by atoms with Crippen LogP contribution in [0.2, 0.25) is 0 Å². The molecule has 0 bridgehead atoms. The van der Waals surface area contributed by atoms with Gasteiger partial charge in [0.15, 0.2) is 11.5 Å². The van der Waals surface area contributed by atoms with E-state index in [0.29, 0.717) is 17.2 Å². The maximum atomic E-state index is 12.9. The second-order valence-corrected chi connectivity index (χ2v) is 10.5. The van der Waals surface area contributed by atoms with Crippen molar-refractivity contribution in [1.82, 2.24) is 0 Å². The van der Waals surface area contributed by atoms with Crippen molar-refractivity contribution in [2.24, 2.45) is 5.92 Å². The van der Waals surface area contributed by atoms with Crippen molar-refractivity contribution in [1.29, 1.82) is 0 Å². The first-order valence-corrected chi connectivity index (χ1v) is 12.1. The lowest BCUT2D eigenvalue weighted by Gasteiger charge is -2.38. The van der Waals surface area contributed by atoms with E-state index in [0.717, 1.165) is 23.4 Å². The topological polar surface area (TPSA) is 70.6 Å². The molecule has 3 unspecified atom stereocenters. The third kappa shape index (κ3) is 4.39. The fraction of sp³-hybridized carbons (Fsp3) is 0.300. The van der Waals surface area contributed by atoms with Crippen LogP contribution in [0, 0.1) is 5.92 Å². The van der Waals surface area contributed by atoms with Crippen molar-refractivity contribution in [3.8, 4) is 11.5 Å². The molecule has 1 heterocycles. The van der Waals surface area contributed by atoms with Crippen LogP contribution in [0.15, 0.2) is 72.8 Å². The van der Waals surface area contributed by atoms with E-state index in [9.17, 15) is 9.90 Å². The van der Waals surface area contributed by atoms with Crippen LogP contribution in [-0.4, -0.2) is 18.1 Å². The summed E-state index contributed by atoms with van der Waals surface area (Å²) < 4.78 is 5.34. The Morgan fingerprint density at radius 3 is 2.54 bits per heavy atom. The van der Waals surface area contributed by atoms with Crippen LogP contribution < -0.4 is 15.4 Å². The smallest absolute Gasteiger partial charge is 0.255 e. The van der Waals surface area contributed by atoms with Gasteiger partial charge in [0.1, 0.15) is 0 Å². The maximum absolute atomic E-state index is 12.9. The average molecular weight is 469 g/mol. The molecule has 5 heteroatoms. The third-order valence-electron chi connectivity index (χ3n) is 7.20. The Labute approximate surface area is 206 Å². The highest BCUT2D eigenvalue weighted by molar-refractivity contribution is 6.04. The molecule has 3 N–H and O–H groups in total. The monoisotopic (exact) mass is 468 g/mol. The molecule has 5 rings (SSSR count). The van der Waals surface area contributed by atoms with Crippen LogP contribution in [0.25, 0.3) is 0 Å². The molecule has 1 amide bonds. The van der Waals surface area contributed by atoms with E-state index < -0.39 is 0 Å². The SMILES string of the molecule is COc1cc(C2Nc3ccc(NC(=O)c4ccc(C(C)(C)C)cc4)cc3C3C=CCC32)ccc1O. The van der Waals surface area contributed by atoms with Crippen molar-refractivity contribution in [2.75, 3.05) is 17.7 Å². The van der Waals surface area contributed by atoms with E-state index in [4.69, 9.17) is 4.74 Å². The average Bonchev–Trinajstić information content (AvgIpc) is 3.34. The Morgan fingerprint density at radius 1 is 1.06 bits per heavy atom. The lowest BCUT2D eigenvalue weighted by molar-refractivity contribution is 0.102. The Hall–Kier alpha value is -3.73. The number of phenolic OH excluding ortho intramolecular Hbond substituents is 1. The Morgan fingerprint density at radius 2 is 1.83 bits per heavy atom. The first kappa shape index (κ1) is 23.0. The van der Waals surface area contributed by atoms with Crippen LogP contribution in [0.1, 0.15) is 66.2 Å². The number of hydrogen-bond acceptors (Lipinski definition) is 4. The Balaban J connectivity index is 1.39. The number of aromatic hydroxyl groups is 1. The normalized spacial score (nSPS) is 20.5. The van der Waals surface area contributed by atoms with Gasteiger partial charge in [0.2, 0.25) is 0 Å². The van der Waals surface area contributed by atoms with Gasteiger partial charge in [-0.05, 0) is 76.9 Å². The minimum atomic E-state index is -0.109. The summed E-state index contributed by atoms with van der Waals surface area (Å²) in [5.41, 5.74) is 6.02. The number of rotatable bonds is 4. The largest absolute Gasteiger partial charge is 0.504 e. The molecule has 1 aliphatic carbocycles. The summed E-state index contributed by atoms with van der Waals surface area (Å²) in [6, 6.07) is 19.6. The van der Waals surface area contributed by atoms with E-state index in [1.807, 2.05) is 48.5 Å². The minimum Gasteiger partial charge on any atom is -0.504 e. The molecule has 0 spiro atoms. The van der Waals surface area contributed by atoms with Gasteiger partial charge in [-0.1, -0.05) is 51.1 Å². The predicted octanol–water partition coefficient (Wildman–Crippen LogP) is 6.78. The summed E-state index contributed by atoms with van der Waals surface area (Å²) >= 11 is 0. The Kier molecular flexibility index (Phi) is 5.79. The summed E-state index contributed by atoms with van der Waals surface area (Å²) in [5, 5.41) is 16.8. The molecular formula is C30H32N2O3. The number of anilines is 2. The number of carbonyl (C=O) groups is 1. The fourth-order valence-electron chi connectivity index (χ4n) is 5.21. The van der Waals surface area contributed by atoms with Crippen molar-refractivity contribution >= 4 is 17.3 Å². The third-order valence-corrected chi connectivity index (χ3v) is 7.20. The van der Waals surface area contributed by atoms with Gasteiger partial charge in [0, 0.05) is 22.9 Å². The second kappa shape index (κ2) is 8.81. The van der Waals surface area contributed by atoms with Crippen molar-refractivity contribution in [3.63, 3.8) is 0 Å². The van der Waals surface area contributed by atoms with Gasteiger partial charge in [-0.3, -0.25) is 4.79 Å². The molecule has 35 heavy (non-hydrogen) atoms. The van der Waals surface area contributed by atoms with Crippen LogP contribution in [-0.2, 0) is 5.41 Å². The number of phenols is 1. The highest BCUT2D eigenvalue weighted by Crippen LogP contribution is 2.51. The first-order chi connectivity index (χ1) is 16.7. The summed E-state index contributed by atoms with van der Waals surface area (Å²) in [6.07, 6.45) is 5.46. The summed E-state index contributed by atoms with van der Waals surface area (Å²) in [6.45, 7) is 6.49. The molecule has 3 aromatic carbocycles. The standard InChI is InChI=1S/C30H32N2O3/c1-30(2,3)20-11-8-18(9-12-20)29(34)31-21-13-14-25-24(17-21)22-6-5-7-23(22)28(32-25)19-10-15-26(33)27(16-19)35-4/h5-6,8-17,22-23,28,32-33H,7H2,1-4H3,(H,31,34). The zero-order valence-electron chi connectivity index (χ0n) is 20.6. The molecular weight excluding hydrogens is 436 g/mol. The van der Waals surface area contributed by atoms with E-state index in [-0.39, 0.29) is 29.0 Å². The van der Waals surface area contributed by atoms with Gasteiger partial charge >= 0.3 is 0 Å².